The van der Waals surface area contributed by atoms with Gasteiger partial charge in [0.2, 0.25) is 0 Å². The lowest BCUT2D eigenvalue weighted by atomic mass is 10.0. The number of unbranched alkanes of at least 4 members (excludes halogenated alkanes) is 18. The van der Waals surface area contributed by atoms with E-state index in [0.717, 1.165) is 0 Å². The fourth-order valence-corrected chi connectivity index (χ4v) is 5.16. The van der Waals surface area contributed by atoms with Gasteiger partial charge in [-0.25, -0.2) is 0 Å². The van der Waals surface area contributed by atoms with E-state index >= 15 is 0 Å². The van der Waals surface area contributed by atoms with Gasteiger partial charge in [0.1, 0.15) is 6.17 Å². The van der Waals surface area contributed by atoms with Gasteiger partial charge in [0.15, 0.2) is 0 Å². The van der Waals surface area contributed by atoms with Crippen molar-refractivity contribution >= 4 is 0 Å². The summed E-state index contributed by atoms with van der Waals surface area (Å²) in [6, 6.07) is 0. The molecule has 1 heterocycles. The molecule has 1 aliphatic heterocycles. The third kappa shape index (κ3) is 15.2. The summed E-state index contributed by atoms with van der Waals surface area (Å²) in [7, 11) is 0. The van der Waals surface area contributed by atoms with Gasteiger partial charge >= 0.3 is 0 Å². The first-order chi connectivity index (χ1) is 15.8. The van der Waals surface area contributed by atoms with E-state index in [4.69, 9.17) is 0 Å². The van der Waals surface area contributed by atoms with Crippen LogP contribution in [0.2, 0.25) is 0 Å². The molecule has 0 N–H and O–H groups in total. The van der Waals surface area contributed by atoms with Crippen LogP contribution in [0.1, 0.15) is 162 Å². The topological polar surface area (TPSA) is 6.48 Å². The normalized spacial score (nSPS) is 15.9. The first kappa shape index (κ1) is 29.4. The quantitative estimate of drug-likeness (QED) is 0.135. The summed E-state index contributed by atoms with van der Waals surface area (Å²) in [5.41, 5.74) is 0. The van der Waals surface area contributed by atoms with Crippen LogP contribution in [0.4, 0.5) is 0 Å². The van der Waals surface area contributed by atoms with Crippen LogP contribution in [0.15, 0.2) is 12.4 Å². The summed E-state index contributed by atoms with van der Waals surface area (Å²) in [5, 5.41) is 0. The second kappa shape index (κ2) is 22.1. The average molecular weight is 449 g/mol. The van der Waals surface area contributed by atoms with Gasteiger partial charge < -0.3 is 9.80 Å². The van der Waals surface area contributed by atoms with Gasteiger partial charge in [0.25, 0.3) is 0 Å². The number of hydrogen-bond acceptors (Lipinski definition) is 2. The molecule has 1 unspecified atom stereocenters. The molecule has 0 saturated carbocycles. The number of rotatable bonds is 24. The molecule has 1 rings (SSSR count). The molecular formula is C30H60N2. The largest absolute Gasteiger partial charge is 0.356 e. The van der Waals surface area contributed by atoms with Gasteiger partial charge in [-0.2, -0.15) is 0 Å². The maximum atomic E-state index is 2.64. The summed E-state index contributed by atoms with van der Waals surface area (Å²) in [4.78, 5) is 5.27. The van der Waals surface area contributed by atoms with E-state index in [-0.39, 0.29) is 0 Å². The van der Waals surface area contributed by atoms with Gasteiger partial charge in [-0.05, 0) is 19.3 Å². The van der Waals surface area contributed by atoms with Crippen molar-refractivity contribution in [2.45, 2.75) is 168 Å². The van der Waals surface area contributed by atoms with Crippen LogP contribution in [0.25, 0.3) is 0 Å². The molecule has 0 amide bonds. The van der Waals surface area contributed by atoms with Gasteiger partial charge in [-0.1, -0.05) is 143 Å². The maximum Gasteiger partial charge on any atom is 0.101 e. The van der Waals surface area contributed by atoms with Gasteiger partial charge in [-0.3, -0.25) is 0 Å². The second-order valence-corrected chi connectivity index (χ2v) is 10.4. The molecule has 0 spiro atoms. The fraction of sp³-hybridized carbons (Fsp3) is 0.933. The summed E-state index contributed by atoms with van der Waals surface area (Å²) in [6.07, 6.45) is 36.6. The molecule has 0 aromatic carbocycles. The van der Waals surface area contributed by atoms with Crippen molar-refractivity contribution in [3.8, 4) is 0 Å². The monoisotopic (exact) mass is 448 g/mol. The average Bonchev–Trinajstić information content (AvgIpc) is 3.18. The first-order valence-corrected chi connectivity index (χ1v) is 15.0. The lowest BCUT2D eigenvalue weighted by Gasteiger charge is -2.33. The summed E-state index contributed by atoms with van der Waals surface area (Å²) < 4.78 is 0. The summed E-state index contributed by atoms with van der Waals surface area (Å²) in [6.45, 7) is 9.45. The predicted molar refractivity (Wildman–Crippen MR) is 145 cm³/mol. The van der Waals surface area contributed by atoms with E-state index in [1.54, 1.807) is 0 Å². The van der Waals surface area contributed by atoms with E-state index in [1.807, 2.05) is 0 Å². The van der Waals surface area contributed by atoms with Crippen LogP contribution < -0.4 is 0 Å². The van der Waals surface area contributed by atoms with Gasteiger partial charge in [0, 0.05) is 25.5 Å². The second-order valence-electron chi connectivity index (χ2n) is 10.4. The van der Waals surface area contributed by atoms with E-state index in [0.29, 0.717) is 6.17 Å². The van der Waals surface area contributed by atoms with Crippen LogP contribution in [0, 0.1) is 0 Å². The van der Waals surface area contributed by atoms with Gasteiger partial charge in [0.05, 0.1) is 0 Å². The molecule has 0 fully saturated rings. The Labute approximate surface area is 203 Å². The Kier molecular flexibility index (Phi) is 20.3. The maximum absolute atomic E-state index is 2.64. The Morgan fingerprint density at radius 3 is 1.03 bits per heavy atom. The highest BCUT2D eigenvalue weighted by atomic mass is 15.4. The van der Waals surface area contributed by atoms with Crippen molar-refractivity contribution < 1.29 is 0 Å². The molecule has 0 aliphatic carbocycles. The molecule has 0 saturated heterocycles. The van der Waals surface area contributed by atoms with E-state index in [9.17, 15) is 0 Å². The Morgan fingerprint density at radius 1 is 0.406 bits per heavy atom. The molecular weight excluding hydrogens is 388 g/mol. The van der Waals surface area contributed by atoms with Crippen molar-refractivity contribution in [2.24, 2.45) is 0 Å². The van der Waals surface area contributed by atoms with Crippen molar-refractivity contribution in [2.75, 3.05) is 13.1 Å². The van der Waals surface area contributed by atoms with Crippen molar-refractivity contribution in [1.82, 2.24) is 9.80 Å². The highest BCUT2D eigenvalue weighted by Crippen LogP contribution is 2.22. The minimum absolute atomic E-state index is 0.637. The number of nitrogens with zero attached hydrogens (tertiary/aromatic N) is 2. The van der Waals surface area contributed by atoms with Crippen LogP contribution in [-0.2, 0) is 0 Å². The molecule has 2 heteroatoms. The third-order valence-electron chi connectivity index (χ3n) is 7.30. The predicted octanol–water partition coefficient (Wildman–Crippen LogP) is 10.0. The minimum atomic E-state index is 0.637. The molecule has 0 radical (unpaired) electrons. The van der Waals surface area contributed by atoms with Crippen LogP contribution in [0.5, 0.6) is 0 Å². The highest BCUT2D eigenvalue weighted by Gasteiger charge is 2.24. The highest BCUT2D eigenvalue weighted by molar-refractivity contribution is 4.96. The van der Waals surface area contributed by atoms with E-state index in [2.05, 4.69) is 43.0 Å². The summed E-state index contributed by atoms with van der Waals surface area (Å²) >= 11 is 0. The lowest BCUT2D eigenvalue weighted by molar-refractivity contribution is 0.138. The zero-order chi connectivity index (χ0) is 23.1. The Balaban J connectivity index is 1.98. The lowest BCUT2D eigenvalue weighted by Crippen LogP contribution is -2.39. The molecule has 0 bridgehead atoms. The first-order valence-electron chi connectivity index (χ1n) is 15.0. The van der Waals surface area contributed by atoms with Crippen LogP contribution in [-0.4, -0.2) is 29.1 Å². The van der Waals surface area contributed by atoms with Crippen molar-refractivity contribution in [3.63, 3.8) is 0 Å². The zero-order valence-electron chi connectivity index (χ0n) is 22.6. The zero-order valence-corrected chi connectivity index (χ0v) is 22.6. The standard InChI is InChI=1S/C30H60N2/c1-4-7-9-11-13-14-15-16-17-18-19-20-22-24-27-32-29-28-31(30(32)25-6-3)26-23-21-12-10-8-5-2/h28-30H,4-27H2,1-3H3. The third-order valence-corrected chi connectivity index (χ3v) is 7.30. The Morgan fingerprint density at radius 2 is 0.719 bits per heavy atom. The Bertz CT molecular complexity index is 406. The molecule has 1 aliphatic rings. The van der Waals surface area contributed by atoms with Crippen LogP contribution >= 0.6 is 0 Å². The fourth-order valence-electron chi connectivity index (χ4n) is 5.16. The molecule has 0 aromatic heterocycles. The minimum Gasteiger partial charge on any atom is -0.356 e. The molecule has 1 atom stereocenters. The van der Waals surface area contributed by atoms with E-state index in [1.165, 1.54) is 154 Å². The molecule has 32 heavy (non-hydrogen) atoms. The molecule has 2 nitrogen and oxygen atoms in total. The smallest absolute Gasteiger partial charge is 0.101 e. The number of hydrogen-bond donors (Lipinski definition) is 0. The SMILES string of the molecule is CCCCCCCCCCCCCCCCN1C=CN(CCCCCCCC)C1CCC. The van der Waals surface area contributed by atoms with Crippen molar-refractivity contribution in [1.29, 1.82) is 0 Å². The van der Waals surface area contributed by atoms with E-state index < -0.39 is 0 Å². The molecule has 0 aromatic rings. The Hall–Kier alpha value is -0.660. The molecule has 190 valence electrons. The summed E-state index contributed by atoms with van der Waals surface area (Å²) in [5.74, 6) is 0. The van der Waals surface area contributed by atoms with Crippen molar-refractivity contribution in [3.05, 3.63) is 12.4 Å². The van der Waals surface area contributed by atoms with Gasteiger partial charge in [-0.15, -0.1) is 0 Å². The van der Waals surface area contributed by atoms with Crippen LogP contribution in [0.3, 0.4) is 0 Å².